The van der Waals surface area contributed by atoms with Crippen molar-refractivity contribution in [3.63, 3.8) is 0 Å². The van der Waals surface area contributed by atoms with Crippen LogP contribution in [0.5, 0.6) is 0 Å². The highest BCUT2D eigenvalue weighted by molar-refractivity contribution is 5.92. The number of aromatic amines is 2. The van der Waals surface area contributed by atoms with Gasteiger partial charge in [0.15, 0.2) is 0 Å². The van der Waals surface area contributed by atoms with Crippen LogP contribution in [0.1, 0.15) is 17.4 Å². The van der Waals surface area contributed by atoms with Gasteiger partial charge in [-0.3, -0.25) is 14.6 Å². The summed E-state index contributed by atoms with van der Waals surface area (Å²) in [5, 5.41) is 0. The predicted octanol–water partition coefficient (Wildman–Crippen LogP) is -1.16. The summed E-state index contributed by atoms with van der Waals surface area (Å²) in [4.78, 5) is 42.6. The van der Waals surface area contributed by atoms with Gasteiger partial charge in [0.1, 0.15) is 5.69 Å². The first-order valence-electron chi connectivity index (χ1n) is 5.95. The van der Waals surface area contributed by atoms with E-state index in [-0.39, 0.29) is 11.6 Å². The standard InChI is InChI=1S/C11H16N4O3/c1-2-14-3-5-15(6-4-14)10(17)8-7-9(16)13-11(18)12-8/h7H,2-6H2,1H3,(H2,12,13,16,18). The molecule has 1 aromatic heterocycles. The summed E-state index contributed by atoms with van der Waals surface area (Å²) in [6, 6.07) is 1.12. The van der Waals surface area contributed by atoms with E-state index in [1.807, 2.05) is 4.98 Å². The Kier molecular flexibility index (Phi) is 3.61. The fourth-order valence-electron chi connectivity index (χ4n) is 2.02. The van der Waals surface area contributed by atoms with Crippen molar-refractivity contribution in [3.8, 4) is 0 Å². The van der Waals surface area contributed by atoms with Crippen molar-refractivity contribution in [2.75, 3.05) is 32.7 Å². The van der Waals surface area contributed by atoms with E-state index in [2.05, 4.69) is 16.8 Å². The minimum atomic E-state index is -0.655. The number of hydrogen-bond acceptors (Lipinski definition) is 4. The van der Waals surface area contributed by atoms with Crippen LogP contribution < -0.4 is 11.2 Å². The molecule has 1 aromatic rings. The van der Waals surface area contributed by atoms with Crippen molar-refractivity contribution in [2.24, 2.45) is 0 Å². The molecule has 0 atom stereocenters. The third-order valence-corrected chi connectivity index (χ3v) is 3.10. The Morgan fingerprint density at radius 2 is 1.89 bits per heavy atom. The number of nitrogens with zero attached hydrogens (tertiary/aromatic N) is 2. The molecule has 18 heavy (non-hydrogen) atoms. The Bertz CT molecular complexity index is 511. The van der Waals surface area contributed by atoms with Gasteiger partial charge in [0.05, 0.1) is 0 Å². The fraction of sp³-hybridized carbons (Fsp3) is 0.545. The SMILES string of the molecule is CCN1CCN(C(=O)c2cc(=O)[nH]c(=O)[nH]2)CC1. The van der Waals surface area contributed by atoms with Crippen molar-refractivity contribution in [1.29, 1.82) is 0 Å². The molecule has 98 valence electrons. The molecule has 0 saturated carbocycles. The minimum absolute atomic E-state index is 0.0497. The van der Waals surface area contributed by atoms with E-state index in [1.54, 1.807) is 4.90 Å². The smallest absolute Gasteiger partial charge is 0.326 e. The van der Waals surface area contributed by atoms with Gasteiger partial charge in [-0.15, -0.1) is 0 Å². The van der Waals surface area contributed by atoms with Crippen LogP contribution in [-0.4, -0.2) is 58.4 Å². The second-order valence-electron chi connectivity index (χ2n) is 4.23. The van der Waals surface area contributed by atoms with Gasteiger partial charge in [0.2, 0.25) is 0 Å². The van der Waals surface area contributed by atoms with Gasteiger partial charge in [-0.25, -0.2) is 4.79 Å². The van der Waals surface area contributed by atoms with E-state index in [9.17, 15) is 14.4 Å². The molecule has 1 aliphatic heterocycles. The van der Waals surface area contributed by atoms with Crippen LogP contribution in [0.4, 0.5) is 0 Å². The molecular weight excluding hydrogens is 236 g/mol. The third-order valence-electron chi connectivity index (χ3n) is 3.10. The number of carbonyl (C=O) groups excluding carboxylic acids is 1. The van der Waals surface area contributed by atoms with E-state index in [4.69, 9.17) is 0 Å². The lowest BCUT2D eigenvalue weighted by atomic mass is 10.2. The molecule has 1 amide bonds. The number of carbonyl (C=O) groups is 1. The first-order valence-corrected chi connectivity index (χ1v) is 5.95. The summed E-state index contributed by atoms with van der Waals surface area (Å²) >= 11 is 0. The zero-order chi connectivity index (χ0) is 13.1. The Hall–Kier alpha value is -1.89. The Labute approximate surface area is 103 Å². The van der Waals surface area contributed by atoms with Gasteiger partial charge in [0.25, 0.3) is 11.5 Å². The summed E-state index contributed by atoms with van der Waals surface area (Å²) in [6.07, 6.45) is 0. The second-order valence-corrected chi connectivity index (χ2v) is 4.23. The molecule has 2 rings (SSSR count). The first kappa shape index (κ1) is 12.6. The van der Waals surface area contributed by atoms with Crippen LogP contribution in [0.25, 0.3) is 0 Å². The molecule has 0 aromatic carbocycles. The fourth-order valence-corrected chi connectivity index (χ4v) is 2.02. The second kappa shape index (κ2) is 5.18. The van der Waals surface area contributed by atoms with E-state index < -0.39 is 11.2 Å². The molecule has 7 nitrogen and oxygen atoms in total. The Morgan fingerprint density at radius 3 is 2.44 bits per heavy atom. The first-order chi connectivity index (χ1) is 8.60. The Balaban J connectivity index is 2.12. The van der Waals surface area contributed by atoms with Gasteiger partial charge in [-0.05, 0) is 6.54 Å². The number of aromatic nitrogens is 2. The molecular formula is C11H16N4O3. The number of likely N-dealkylation sites (N-methyl/N-ethyl adjacent to an activating group) is 1. The zero-order valence-corrected chi connectivity index (χ0v) is 10.2. The summed E-state index contributed by atoms with van der Waals surface area (Å²) in [6.45, 7) is 5.89. The lowest BCUT2D eigenvalue weighted by Gasteiger charge is -2.33. The molecule has 0 unspecified atom stereocenters. The molecule has 0 bridgehead atoms. The molecule has 1 fully saturated rings. The number of amides is 1. The van der Waals surface area contributed by atoms with Crippen molar-refractivity contribution < 1.29 is 4.79 Å². The monoisotopic (exact) mass is 252 g/mol. The van der Waals surface area contributed by atoms with Crippen molar-refractivity contribution in [2.45, 2.75) is 6.92 Å². The lowest BCUT2D eigenvalue weighted by molar-refractivity contribution is 0.0637. The molecule has 2 N–H and O–H groups in total. The maximum absolute atomic E-state index is 12.1. The molecule has 2 heterocycles. The maximum Gasteiger partial charge on any atom is 0.326 e. The largest absolute Gasteiger partial charge is 0.335 e. The average molecular weight is 252 g/mol. The van der Waals surface area contributed by atoms with Gasteiger partial charge in [0, 0.05) is 32.2 Å². The van der Waals surface area contributed by atoms with Crippen molar-refractivity contribution >= 4 is 5.91 Å². The number of nitrogens with one attached hydrogen (secondary N) is 2. The quantitative estimate of drug-likeness (QED) is 0.695. The maximum atomic E-state index is 12.1. The van der Waals surface area contributed by atoms with E-state index in [1.165, 1.54) is 0 Å². The van der Waals surface area contributed by atoms with Crippen molar-refractivity contribution in [1.82, 2.24) is 19.8 Å². The van der Waals surface area contributed by atoms with Crippen molar-refractivity contribution in [3.05, 3.63) is 32.6 Å². The highest BCUT2D eigenvalue weighted by Gasteiger charge is 2.22. The number of H-pyrrole nitrogens is 2. The van der Waals surface area contributed by atoms with E-state index >= 15 is 0 Å². The summed E-state index contributed by atoms with van der Waals surface area (Å²) in [5.41, 5.74) is -1.17. The number of hydrogen-bond donors (Lipinski definition) is 2. The molecule has 0 radical (unpaired) electrons. The molecule has 0 spiro atoms. The third kappa shape index (κ3) is 2.67. The van der Waals surface area contributed by atoms with Crippen LogP contribution in [0, 0.1) is 0 Å². The average Bonchev–Trinajstić information content (AvgIpc) is 2.37. The lowest BCUT2D eigenvalue weighted by Crippen LogP contribution is -2.49. The summed E-state index contributed by atoms with van der Waals surface area (Å²) in [7, 11) is 0. The highest BCUT2D eigenvalue weighted by Crippen LogP contribution is 2.04. The highest BCUT2D eigenvalue weighted by atomic mass is 16.2. The van der Waals surface area contributed by atoms with Crippen LogP contribution in [0.15, 0.2) is 15.7 Å². The molecule has 1 aliphatic rings. The van der Waals surface area contributed by atoms with E-state index in [0.29, 0.717) is 13.1 Å². The van der Waals surface area contributed by atoms with Crippen LogP contribution in [-0.2, 0) is 0 Å². The molecule has 0 aliphatic carbocycles. The van der Waals surface area contributed by atoms with Crippen LogP contribution in [0.3, 0.4) is 0 Å². The van der Waals surface area contributed by atoms with Gasteiger partial charge < -0.3 is 14.8 Å². The van der Waals surface area contributed by atoms with Gasteiger partial charge in [-0.2, -0.15) is 0 Å². The zero-order valence-electron chi connectivity index (χ0n) is 10.2. The Morgan fingerprint density at radius 1 is 1.22 bits per heavy atom. The normalized spacial score (nSPS) is 16.8. The number of piperazine rings is 1. The van der Waals surface area contributed by atoms with Gasteiger partial charge in [-0.1, -0.05) is 6.92 Å². The summed E-state index contributed by atoms with van der Waals surface area (Å²) < 4.78 is 0. The van der Waals surface area contributed by atoms with E-state index in [0.717, 1.165) is 25.7 Å². The molecule has 7 heteroatoms. The predicted molar refractivity (Wildman–Crippen MR) is 65.7 cm³/mol. The van der Waals surface area contributed by atoms with Crippen LogP contribution in [0.2, 0.25) is 0 Å². The van der Waals surface area contributed by atoms with Gasteiger partial charge >= 0.3 is 5.69 Å². The number of rotatable bonds is 2. The topological polar surface area (TPSA) is 89.3 Å². The minimum Gasteiger partial charge on any atom is -0.335 e. The van der Waals surface area contributed by atoms with Crippen LogP contribution >= 0.6 is 0 Å². The summed E-state index contributed by atoms with van der Waals surface area (Å²) in [5.74, 6) is -0.297. The molecule has 1 saturated heterocycles.